The number of fused-ring (bicyclic) bond motifs is 1. The Balaban J connectivity index is 2.10. The first kappa shape index (κ1) is 29.1. The van der Waals surface area contributed by atoms with Crippen LogP contribution in [0, 0.1) is 0 Å². The van der Waals surface area contributed by atoms with Gasteiger partial charge in [0.25, 0.3) is 0 Å². The van der Waals surface area contributed by atoms with Crippen molar-refractivity contribution in [1.82, 2.24) is 24.8 Å². The summed E-state index contributed by atoms with van der Waals surface area (Å²) in [7, 11) is -4.02. The van der Waals surface area contributed by atoms with Gasteiger partial charge in [0.1, 0.15) is 30.2 Å². The maximum absolute atomic E-state index is 9.37. The molecule has 0 amide bonds. The molecule has 204 valence electrons. The SMILES string of the molecule is CC[Si](CC)(CC)O[C@@H]1[C@H](O[Si](CC)(CC)CC)[C@@H](CNCCO)O[C@H]1n1cnc2c(N)ncnc21. The number of nitrogens with two attached hydrogens (primary N) is 1. The summed E-state index contributed by atoms with van der Waals surface area (Å²) in [6, 6.07) is 6.21. The zero-order valence-corrected chi connectivity index (χ0v) is 24.9. The highest BCUT2D eigenvalue weighted by Crippen LogP contribution is 2.41. The van der Waals surface area contributed by atoms with E-state index < -0.39 is 22.9 Å². The quantitative estimate of drug-likeness (QED) is 0.230. The summed E-state index contributed by atoms with van der Waals surface area (Å²) in [6.07, 6.45) is 1.96. The summed E-state index contributed by atoms with van der Waals surface area (Å²) in [6.45, 7) is 14.6. The van der Waals surface area contributed by atoms with E-state index in [-0.39, 0.29) is 24.9 Å². The van der Waals surface area contributed by atoms with Crippen molar-refractivity contribution in [2.75, 3.05) is 25.4 Å². The number of anilines is 1. The van der Waals surface area contributed by atoms with Crippen molar-refractivity contribution >= 4 is 33.6 Å². The Morgan fingerprint density at radius 1 is 0.944 bits per heavy atom. The second kappa shape index (κ2) is 12.9. The maximum atomic E-state index is 9.37. The second-order valence-electron chi connectivity index (χ2n) is 9.73. The number of rotatable bonds is 15. The molecule has 4 N–H and O–H groups in total. The van der Waals surface area contributed by atoms with Gasteiger partial charge < -0.3 is 29.7 Å². The number of aliphatic hydroxyl groups is 1. The van der Waals surface area contributed by atoms with Crippen LogP contribution in [-0.2, 0) is 13.6 Å². The number of nitrogen functional groups attached to an aromatic ring is 1. The molecule has 4 atom stereocenters. The number of aromatic nitrogens is 4. The molecule has 1 saturated heterocycles. The molecule has 0 aromatic carbocycles. The van der Waals surface area contributed by atoms with Gasteiger partial charge in [-0.2, -0.15) is 0 Å². The molecule has 36 heavy (non-hydrogen) atoms. The van der Waals surface area contributed by atoms with E-state index in [4.69, 9.17) is 19.3 Å². The van der Waals surface area contributed by atoms with E-state index in [0.717, 1.165) is 36.3 Å². The first-order chi connectivity index (χ1) is 17.4. The fourth-order valence-corrected chi connectivity index (χ4v) is 11.0. The predicted molar refractivity (Wildman–Crippen MR) is 148 cm³/mol. The number of hydrogen-bond acceptors (Lipinski definition) is 9. The van der Waals surface area contributed by atoms with E-state index in [1.807, 2.05) is 4.57 Å². The van der Waals surface area contributed by atoms with Crippen molar-refractivity contribution in [3.63, 3.8) is 0 Å². The molecule has 2 aromatic heterocycles. The third-order valence-corrected chi connectivity index (χ3v) is 17.5. The summed E-state index contributed by atoms with van der Waals surface area (Å²) < 4.78 is 23.1. The molecule has 10 nitrogen and oxygen atoms in total. The Hall–Kier alpha value is -1.42. The number of nitrogens with zero attached hydrogens (tertiary/aromatic N) is 4. The largest absolute Gasteiger partial charge is 0.408 e. The average molecular weight is 539 g/mol. The van der Waals surface area contributed by atoms with Crippen molar-refractivity contribution in [2.45, 2.75) is 102 Å². The summed E-state index contributed by atoms with van der Waals surface area (Å²) >= 11 is 0. The molecule has 2 aromatic rings. The summed E-state index contributed by atoms with van der Waals surface area (Å²) in [5.74, 6) is 0.344. The van der Waals surface area contributed by atoms with Crippen LogP contribution in [0.15, 0.2) is 12.7 Å². The normalized spacial score (nSPS) is 23.1. The second-order valence-corrected chi connectivity index (χ2v) is 19.2. The van der Waals surface area contributed by atoms with Crippen molar-refractivity contribution < 1.29 is 18.7 Å². The molecule has 0 bridgehead atoms. The van der Waals surface area contributed by atoms with E-state index in [1.54, 1.807) is 6.33 Å². The monoisotopic (exact) mass is 538 g/mol. The zero-order chi connectivity index (χ0) is 26.3. The molecular weight excluding hydrogens is 492 g/mol. The molecule has 3 heterocycles. The van der Waals surface area contributed by atoms with Crippen molar-refractivity contribution in [3.05, 3.63) is 12.7 Å². The van der Waals surface area contributed by atoms with Crippen LogP contribution in [0.25, 0.3) is 11.2 Å². The molecule has 1 fully saturated rings. The molecule has 0 radical (unpaired) electrons. The van der Waals surface area contributed by atoms with Crippen LogP contribution in [0.2, 0.25) is 36.3 Å². The standard InChI is InChI=1S/C24H46N6O4Si2/c1-7-35(8-2,9-3)33-20-18(15-26-13-14-31)32-24(21(20)34-36(10-4,11-5)12-6)30-17-29-19-22(25)27-16-28-23(19)30/h16-18,20-21,24,26,31H,7-15H2,1-6H3,(H2,25,27,28)/t18-,20-,21-,24-/m1/s1. The lowest BCUT2D eigenvalue weighted by Crippen LogP contribution is -2.52. The Kier molecular flexibility index (Phi) is 10.4. The minimum absolute atomic E-state index is 0.0685. The summed E-state index contributed by atoms with van der Waals surface area (Å²) in [4.78, 5) is 13.1. The molecule has 0 aliphatic carbocycles. The number of ether oxygens (including phenoxy) is 1. The third kappa shape index (κ3) is 5.84. The van der Waals surface area contributed by atoms with Gasteiger partial charge in [-0.1, -0.05) is 41.5 Å². The summed E-state index contributed by atoms with van der Waals surface area (Å²) in [5.41, 5.74) is 7.29. The Morgan fingerprint density at radius 2 is 1.53 bits per heavy atom. The molecule has 3 rings (SSSR count). The minimum atomic E-state index is -2.03. The molecule has 0 saturated carbocycles. The lowest BCUT2D eigenvalue weighted by Gasteiger charge is -2.39. The van der Waals surface area contributed by atoms with Gasteiger partial charge >= 0.3 is 0 Å². The molecule has 12 heteroatoms. The van der Waals surface area contributed by atoms with Gasteiger partial charge in [0, 0.05) is 13.1 Å². The number of imidazole rings is 1. The maximum Gasteiger partial charge on any atom is 0.192 e. The first-order valence-electron chi connectivity index (χ1n) is 13.6. The highest BCUT2D eigenvalue weighted by Gasteiger charge is 2.52. The van der Waals surface area contributed by atoms with E-state index >= 15 is 0 Å². The number of aliphatic hydroxyl groups excluding tert-OH is 1. The van der Waals surface area contributed by atoms with Crippen LogP contribution >= 0.6 is 0 Å². The van der Waals surface area contributed by atoms with E-state index in [2.05, 4.69) is 61.8 Å². The van der Waals surface area contributed by atoms with Crippen molar-refractivity contribution in [1.29, 1.82) is 0 Å². The van der Waals surface area contributed by atoms with Crippen LogP contribution in [0.5, 0.6) is 0 Å². The van der Waals surface area contributed by atoms with Crippen LogP contribution < -0.4 is 11.1 Å². The van der Waals surface area contributed by atoms with Crippen LogP contribution in [0.4, 0.5) is 5.82 Å². The molecule has 0 unspecified atom stereocenters. The number of nitrogens with one attached hydrogen (secondary N) is 1. The van der Waals surface area contributed by atoms with Crippen molar-refractivity contribution in [3.8, 4) is 0 Å². The van der Waals surface area contributed by atoms with Gasteiger partial charge in [-0.25, -0.2) is 15.0 Å². The molecule has 1 aliphatic heterocycles. The van der Waals surface area contributed by atoms with E-state index in [0.29, 0.717) is 30.1 Å². The lowest BCUT2D eigenvalue weighted by molar-refractivity contribution is -0.0306. The van der Waals surface area contributed by atoms with Gasteiger partial charge in [0.05, 0.1) is 12.9 Å². The molecule has 1 aliphatic rings. The average Bonchev–Trinajstić information content (AvgIpc) is 3.48. The van der Waals surface area contributed by atoms with Gasteiger partial charge in [-0.3, -0.25) is 4.57 Å². The summed E-state index contributed by atoms with van der Waals surface area (Å²) in [5, 5.41) is 12.7. The number of hydrogen-bond donors (Lipinski definition) is 3. The Bertz CT molecular complexity index is 939. The smallest absolute Gasteiger partial charge is 0.192 e. The minimum Gasteiger partial charge on any atom is -0.408 e. The lowest BCUT2D eigenvalue weighted by atomic mass is 10.1. The Morgan fingerprint density at radius 3 is 2.08 bits per heavy atom. The third-order valence-electron chi connectivity index (χ3n) is 8.22. The fourth-order valence-electron chi connectivity index (χ4n) is 5.32. The van der Waals surface area contributed by atoms with Crippen molar-refractivity contribution in [2.24, 2.45) is 0 Å². The predicted octanol–water partition coefficient (Wildman–Crippen LogP) is 3.67. The first-order valence-corrected chi connectivity index (χ1v) is 18.7. The van der Waals surface area contributed by atoms with E-state index in [9.17, 15) is 5.11 Å². The van der Waals surface area contributed by atoms with Gasteiger partial charge in [0.2, 0.25) is 0 Å². The molecular formula is C24H46N6O4Si2. The highest BCUT2D eigenvalue weighted by atomic mass is 28.4. The van der Waals surface area contributed by atoms with Crippen LogP contribution in [0.3, 0.4) is 0 Å². The van der Waals surface area contributed by atoms with Crippen LogP contribution in [-0.4, -0.2) is 79.3 Å². The molecule has 0 spiro atoms. The zero-order valence-electron chi connectivity index (χ0n) is 22.9. The highest BCUT2D eigenvalue weighted by molar-refractivity contribution is 6.74. The van der Waals surface area contributed by atoms with Gasteiger partial charge in [-0.05, 0) is 36.3 Å². The van der Waals surface area contributed by atoms with E-state index in [1.165, 1.54) is 6.33 Å². The van der Waals surface area contributed by atoms with Gasteiger partial charge in [-0.15, -0.1) is 0 Å². The topological polar surface area (TPSA) is 130 Å². The fraction of sp³-hybridized carbons (Fsp3) is 0.792. The Labute approximate surface area is 217 Å². The van der Waals surface area contributed by atoms with Crippen LogP contribution in [0.1, 0.15) is 47.8 Å². The van der Waals surface area contributed by atoms with Gasteiger partial charge in [0.15, 0.2) is 34.3 Å².